The van der Waals surface area contributed by atoms with Gasteiger partial charge in [-0.1, -0.05) is 26.7 Å². The largest absolute Gasteiger partial charge is 0.397 e. The van der Waals surface area contributed by atoms with Crippen molar-refractivity contribution >= 4 is 0 Å². The molecule has 17 heavy (non-hydrogen) atoms. The number of aliphatic hydroxyl groups is 4. The normalized spacial score (nSPS) is 7.06. The van der Waals surface area contributed by atoms with E-state index in [1.165, 1.54) is 0 Å². The first-order valence-corrected chi connectivity index (χ1v) is 6.09. The Morgan fingerprint density at radius 1 is 0.588 bits per heavy atom. The molecular formula is C12H32HfO4. The topological polar surface area (TPSA) is 80.9 Å². The smallest absolute Gasteiger partial charge is 0.0430 e. The van der Waals surface area contributed by atoms with Gasteiger partial charge in [0.05, 0.1) is 0 Å². The standard InChI is InChI=1S/2C4H10O.2C2H6O.Hf/c2*1-2-3-4-5;2*1-2-3;/h2*5H,2-4H2,1H3;2*3H,2H2,1H3;. The summed E-state index contributed by atoms with van der Waals surface area (Å²) in [4.78, 5) is 0. The Kier molecular flexibility index (Phi) is 97.9. The molecule has 0 unspecified atom stereocenters. The molecule has 4 N–H and O–H groups in total. The zero-order valence-electron chi connectivity index (χ0n) is 11.9. The first-order valence-electron chi connectivity index (χ1n) is 6.09. The molecule has 0 saturated heterocycles. The molecule has 0 heterocycles. The molecule has 0 amide bonds. The van der Waals surface area contributed by atoms with Crippen molar-refractivity contribution in [3.8, 4) is 0 Å². The summed E-state index contributed by atoms with van der Waals surface area (Å²) in [7, 11) is 0. The summed E-state index contributed by atoms with van der Waals surface area (Å²) in [5.74, 6) is 0. The molecule has 0 aliphatic heterocycles. The maximum absolute atomic E-state index is 8.07. The number of unbranched alkanes of at least 4 members (excludes halogenated alkanes) is 2. The van der Waals surface area contributed by atoms with Crippen molar-refractivity contribution in [2.75, 3.05) is 26.4 Å². The summed E-state index contributed by atoms with van der Waals surface area (Å²) in [6.45, 7) is 8.65. The molecule has 0 spiro atoms. The predicted octanol–water partition coefficient (Wildman–Crippen LogP) is 1.55. The van der Waals surface area contributed by atoms with Gasteiger partial charge in [0.1, 0.15) is 0 Å². The Labute approximate surface area is 126 Å². The van der Waals surface area contributed by atoms with Crippen molar-refractivity contribution in [1.29, 1.82) is 0 Å². The summed E-state index contributed by atoms with van der Waals surface area (Å²) in [5, 5.41) is 31.3. The van der Waals surface area contributed by atoms with Gasteiger partial charge in [0, 0.05) is 52.3 Å². The van der Waals surface area contributed by atoms with E-state index in [1.807, 2.05) is 0 Å². The van der Waals surface area contributed by atoms with Gasteiger partial charge < -0.3 is 20.4 Å². The van der Waals surface area contributed by atoms with Crippen molar-refractivity contribution in [1.82, 2.24) is 0 Å². The van der Waals surface area contributed by atoms with Crippen molar-refractivity contribution in [3.05, 3.63) is 0 Å². The van der Waals surface area contributed by atoms with E-state index in [0.717, 1.165) is 25.7 Å². The second kappa shape index (κ2) is 54.4. The van der Waals surface area contributed by atoms with Crippen molar-refractivity contribution < 1.29 is 46.3 Å². The van der Waals surface area contributed by atoms with Crippen LogP contribution in [0.4, 0.5) is 0 Å². The number of rotatable bonds is 4. The predicted molar refractivity (Wildman–Crippen MR) is 69.5 cm³/mol. The molecule has 0 radical (unpaired) electrons. The van der Waals surface area contributed by atoms with E-state index in [9.17, 15) is 0 Å². The Morgan fingerprint density at radius 2 is 0.765 bits per heavy atom. The van der Waals surface area contributed by atoms with E-state index in [2.05, 4.69) is 13.8 Å². The van der Waals surface area contributed by atoms with Gasteiger partial charge in [0.2, 0.25) is 0 Å². The van der Waals surface area contributed by atoms with Gasteiger partial charge in [-0.3, -0.25) is 0 Å². The summed E-state index contributed by atoms with van der Waals surface area (Å²) in [6.07, 6.45) is 4.08. The summed E-state index contributed by atoms with van der Waals surface area (Å²) >= 11 is 0. The van der Waals surface area contributed by atoms with E-state index >= 15 is 0 Å². The molecule has 0 fully saturated rings. The van der Waals surface area contributed by atoms with Gasteiger partial charge >= 0.3 is 0 Å². The third-order valence-electron chi connectivity index (χ3n) is 1.02. The molecule has 0 aromatic rings. The molecule has 0 rings (SSSR count). The Bertz CT molecular complexity index is 54.5. The van der Waals surface area contributed by atoms with Crippen LogP contribution in [0.2, 0.25) is 0 Å². The molecule has 0 aromatic carbocycles. The molecule has 0 aliphatic rings. The van der Waals surface area contributed by atoms with Crippen LogP contribution in [0.5, 0.6) is 0 Å². The molecule has 4 nitrogen and oxygen atoms in total. The van der Waals surface area contributed by atoms with Gasteiger partial charge in [0.25, 0.3) is 0 Å². The van der Waals surface area contributed by atoms with Gasteiger partial charge in [-0.2, -0.15) is 0 Å². The first-order chi connectivity index (χ1) is 7.66. The quantitative estimate of drug-likeness (QED) is 0.522. The second-order valence-corrected chi connectivity index (χ2v) is 2.79. The van der Waals surface area contributed by atoms with Crippen molar-refractivity contribution in [2.45, 2.75) is 53.4 Å². The summed E-state index contributed by atoms with van der Waals surface area (Å²) in [6, 6.07) is 0. The zero-order valence-corrected chi connectivity index (χ0v) is 15.5. The van der Waals surface area contributed by atoms with E-state index in [0.29, 0.717) is 13.2 Å². The number of hydrogen-bond acceptors (Lipinski definition) is 4. The average Bonchev–Trinajstić information content (AvgIpc) is 2.23. The van der Waals surface area contributed by atoms with Crippen LogP contribution in [0, 0.1) is 0 Å². The number of aliphatic hydroxyl groups excluding tert-OH is 4. The van der Waals surface area contributed by atoms with Crippen LogP contribution in [0.15, 0.2) is 0 Å². The van der Waals surface area contributed by atoms with Gasteiger partial charge in [0.15, 0.2) is 0 Å². The van der Waals surface area contributed by atoms with Crippen LogP contribution in [0.3, 0.4) is 0 Å². The minimum atomic E-state index is 0. The molecule has 0 bridgehead atoms. The minimum absolute atomic E-state index is 0. The third kappa shape index (κ3) is 163. The van der Waals surface area contributed by atoms with Crippen LogP contribution >= 0.6 is 0 Å². The first kappa shape index (κ1) is 30.6. The zero-order chi connectivity index (χ0) is 13.7. The van der Waals surface area contributed by atoms with E-state index in [1.54, 1.807) is 13.8 Å². The maximum atomic E-state index is 8.07. The van der Waals surface area contributed by atoms with Crippen LogP contribution in [-0.4, -0.2) is 46.9 Å². The maximum Gasteiger partial charge on any atom is 0.0430 e. The molecule has 0 aromatic heterocycles. The fraction of sp³-hybridized carbons (Fsp3) is 1.00. The fourth-order valence-corrected chi connectivity index (χ4v) is 0.316. The fourth-order valence-electron chi connectivity index (χ4n) is 0.316. The van der Waals surface area contributed by atoms with Crippen LogP contribution < -0.4 is 0 Å². The number of hydrogen-bond donors (Lipinski definition) is 4. The monoisotopic (exact) mass is 420 g/mol. The van der Waals surface area contributed by atoms with Gasteiger partial charge in [-0.05, 0) is 26.7 Å². The Morgan fingerprint density at radius 3 is 0.765 bits per heavy atom. The van der Waals surface area contributed by atoms with Crippen molar-refractivity contribution in [2.24, 2.45) is 0 Å². The van der Waals surface area contributed by atoms with Gasteiger partial charge in [-0.25, -0.2) is 0 Å². The molecule has 0 atom stereocenters. The molecule has 108 valence electrons. The molecule has 0 aliphatic carbocycles. The Balaban J connectivity index is -0.0000000381. The molecule has 5 heteroatoms. The van der Waals surface area contributed by atoms with Crippen LogP contribution in [0.25, 0.3) is 0 Å². The SMILES string of the molecule is CCCCO.CCCCO.CCO.CCO.[Hf]. The summed E-state index contributed by atoms with van der Waals surface area (Å²) in [5.41, 5.74) is 0. The third-order valence-corrected chi connectivity index (χ3v) is 1.02. The van der Waals surface area contributed by atoms with E-state index in [-0.39, 0.29) is 39.1 Å². The van der Waals surface area contributed by atoms with E-state index < -0.39 is 0 Å². The summed E-state index contributed by atoms with van der Waals surface area (Å²) < 4.78 is 0. The molecule has 0 saturated carbocycles. The Hall–Kier alpha value is 0.710. The van der Waals surface area contributed by atoms with Crippen molar-refractivity contribution in [3.63, 3.8) is 0 Å². The average molecular weight is 419 g/mol. The van der Waals surface area contributed by atoms with Crippen LogP contribution in [-0.2, 0) is 25.8 Å². The minimum Gasteiger partial charge on any atom is -0.397 e. The van der Waals surface area contributed by atoms with Crippen LogP contribution in [0.1, 0.15) is 53.4 Å². The van der Waals surface area contributed by atoms with E-state index in [4.69, 9.17) is 20.4 Å². The van der Waals surface area contributed by atoms with Gasteiger partial charge in [-0.15, -0.1) is 0 Å². The second-order valence-electron chi connectivity index (χ2n) is 2.79. The molecular weight excluding hydrogens is 387 g/mol.